The normalized spacial score (nSPS) is 10.4. The van der Waals surface area contributed by atoms with Crippen LogP contribution in [0.5, 0.6) is 0 Å². The number of hydrogen-bond acceptors (Lipinski definition) is 4. The molecule has 0 unspecified atom stereocenters. The molecule has 6 heteroatoms. The number of H-pyrrole nitrogens is 1. The average molecular weight is 191 g/mol. The molecule has 2 aromatic rings. The third kappa shape index (κ3) is 1.20. The van der Waals surface area contributed by atoms with Gasteiger partial charge in [0.2, 0.25) is 5.91 Å². The molecule has 0 aliphatic rings. The summed E-state index contributed by atoms with van der Waals surface area (Å²) in [6, 6.07) is 0. The number of imidazole rings is 1. The lowest BCUT2D eigenvalue weighted by Gasteiger charge is -2.13. The summed E-state index contributed by atoms with van der Waals surface area (Å²) < 4.78 is 0. The van der Waals surface area contributed by atoms with Crippen molar-refractivity contribution in [2.24, 2.45) is 0 Å². The summed E-state index contributed by atoms with van der Waals surface area (Å²) in [6.45, 7) is 1.48. The molecule has 0 radical (unpaired) electrons. The zero-order chi connectivity index (χ0) is 10.1. The van der Waals surface area contributed by atoms with Crippen LogP contribution in [-0.2, 0) is 4.79 Å². The predicted octanol–water partition coefficient (Wildman–Crippen LogP) is 0.336. The van der Waals surface area contributed by atoms with Crippen LogP contribution in [0.4, 0.5) is 5.82 Å². The Bertz CT molecular complexity index is 477. The number of amides is 1. The Morgan fingerprint density at radius 3 is 2.93 bits per heavy atom. The summed E-state index contributed by atoms with van der Waals surface area (Å²) >= 11 is 0. The quantitative estimate of drug-likeness (QED) is 0.705. The summed E-state index contributed by atoms with van der Waals surface area (Å²) in [4.78, 5) is 27.4. The van der Waals surface area contributed by atoms with E-state index in [-0.39, 0.29) is 5.91 Å². The number of nitrogens with zero attached hydrogens (tertiary/aromatic N) is 4. The van der Waals surface area contributed by atoms with Gasteiger partial charge >= 0.3 is 0 Å². The highest BCUT2D eigenvalue weighted by atomic mass is 16.2. The standard InChI is InChI=1S/C8H9N5O/c1-5(14)13(2)8-6-7(10-3-9-6)11-4-12-8/h3-4H,1-2H3,(H,9,10,11,12). The Hall–Kier alpha value is -1.98. The minimum atomic E-state index is -0.0837. The molecule has 2 rings (SSSR count). The molecule has 0 saturated heterocycles. The number of carbonyl (C=O) groups excluding carboxylic acids is 1. The highest BCUT2D eigenvalue weighted by molar-refractivity contribution is 5.96. The molecule has 6 nitrogen and oxygen atoms in total. The summed E-state index contributed by atoms with van der Waals surface area (Å²) in [5, 5.41) is 0. The molecule has 0 aliphatic carbocycles. The first-order valence-corrected chi connectivity index (χ1v) is 4.08. The molecule has 0 spiro atoms. The first kappa shape index (κ1) is 8.61. The molecule has 1 amide bonds. The minimum absolute atomic E-state index is 0.0837. The fraction of sp³-hybridized carbons (Fsp3) is 0.250. The maximum Gasteiger partial charge on any atom is 0.224 e. The van der Waals surface area contributed by atoms with Crippen LogP contribution < -0.4 is 4.90 Å². The molecular weight excluding hydrogens is 182 g/mol. The molecule has 0 bridgehead atoms. The molecule has 0 fully saturated rings. The zero-order valence-corrected chi connectivity index (χ0v) is 7.85. The van der Waals surface area contributed by atoms with Crippen molar-refractivity contribution in [3.63, 3.8) is 0 Å². The van der Waals surface area contributed by atoms with Crippen LogP contribution in [0.1, 0.15) is 6.92 Å². The molecular formula is C8H9N5O. The van der Waals surface area contributed by atoms with Gasteiger partial charge in [-0.3, -0.25) is 9.69 Å². The van der Waals surface area contributed by atoms with Gasteiger partial charge in [0.05, 0.1) is 6.33 Å². The molecule has 0 atom stereocenters. The van der Waals surface area contributed by atoms with E-state index in [0.29, 0.717) is 17.0 Å². The molecule has 1 N–H and O–H groups in total. The van der Waals surface area contributed by atoms with E-state index in [1.54, 1.807) is 7.05 Å². The Balaban J connectivity index is 2.61. The van der Waals surface area contributed by atoms with Crippen LogP contribution in [0.3, 0.4) is 0 Å². The van der Waals surface area contributed by atoms with Gasteiger partial charge in [-0.2, -0.15) is 0 Å². The molecule has 72 valence electrons. The number of fused-ring (bicyclic) bond motifs is 1. The smallest absolute Gasteiger partial charge is 0.224 e. The van der Waals surface area contributed by atoms with E-state index in [2.05, 4.69) is 19.9 Å². The number of anilines is 1. The van der Waals surface area contributed by atoms with E-state index in [4.69, 9.17) is 0 Å². The van der Waals surface area contributed by atoms with Crippen LogP contribution in [0.2, 0.25) is 0 Å². The van der Waals surface area contributed by atoms with Gasteiger partial charge in [0.1, 0.15) is 11.8 Å². The first-order chi connectivity index (χ1) is 6.70. The average Bonchev–Trinajstić information content (AvgIpc) is 2.63. The van der Waals surface area contributed by atoms with E-state index < -0.39 is 0 Å². The maximum atomic E-state index is 11.1. The number of carbonyl (C=O) groups is 1. The van der Waals surface area contributed by atoms with E-state index in [1.165, 1.54) is 24.5 Å². The summed E-state index contributed by atoms with van der Waals surface area (Å²) in [5.41, 5.74) is 1.23. The molecule has 2 heterocycles. The number of nitrogens with one attached hydrogen (secondary N) is 1. The van der Waals surface area contributed by atoms with Crippen molar-refractivity contribution in [2.45, 2.75) is 6.92 Å². The number of hydrogen-bond donors (Lipinski definition) is 1. The zero-order valence-electron chi connectivity index (χ0n) is 7.85. The van der Waals surface area contributed by atoms with Gasteiger partial charge in [-0.1, -0.05) is 0 Å². The molecule has 0 aliphatic heterocycles. The number of aromatic amines is 1. The van der Waals surface area contributed by atoms with E-state index >= 15 is 0 Å². The lowest BCUT2D eigenvalue weighted by molar-refractivity contribution is -0.116. The third-order valence-corrected chi connectivity index (χ3v) is 1.99. The SMILES string of the molecule is CC(=O)N(C)c1ncnc2nc[nH]c12. The number of rotatable bonds is 1. The van der Waals surface area contributed by atoms with Gasteiger partial charge < -0.3 is 4.98 Å². The fourth-order valence-electron chi connectivity index (χ4n) is 1.16. The van der Waals surface area contributed by atoms with Crippen molar-refractivity contribution in [1.82, 2.24) is 19.9 Å². The first-order valence-electron chi connectivity index (χ1n) is 4.08. The van der Waals surface area contributed by atoms with Gasteiger partial charge in [-0.25, -0.2) is 15.0 Å². The van der Waals surface area contributed by atoms with Crippen molar-refractivity contribution in [1.29, 1.82) is 0 Å². The van der Waals surface area contributed by atoms with E-state index in [1.807, 2.05) is 0 Å². The summed E-state index contributed by atoms with van der Waals surface area (Å²) in [5.74, 6) is 0.458. The highest BCUT2D eigenvalue weighted by Crippen LogP contribution is 2.17. The molecule has 2 aromatic heterocycles. The fourth-order valence-corrected chi connectivity index (χ4v) is 1.16. The Morgan fingerprint density at radius 2 is 2.21 bits per heavy atom. The van der Waals surface area contributed by atoms with Gasteiger partial charge in [0.25, 0.3) is 0 Å². The maximum absolute atomic E-state index is 11.1. The summed E-state index contributed by atoms with van der Waals surface area (Å²) in [6.07, 6.45) is 2.91. The molecule has 0 saturated carbocycles. The van der Waals surface area contributed by atoms with Crippen LogP contribution in [0, 0.1) is 0 Å². The molecule has 0 aromatic carbocycles. The lowest BCUT2D eigenvalue weighted by atomic mass is 10.4. The van der Waals surface area contributed by atoms with Crippen LogP contribution >= 0.6 is 0 Å². The minimum Gasteiger partial charge on any atom is -0.340 e. The van der Waals surface area contributed by atoms with Gasteiger partial charge in [0, 0.05) is 14.0 Å². The largest absolute Gasteiger partial charge is 0.340 e. The Morgan fingerprint density at radius 1 is 1.43 bits per heavy atom. The van der Waals surface area contributed by atoms with E-state index in [9.17, 15) is 4.79 Å². The van der Waals surface area contributed by atoms with Crippen molar-refractivity contribution in [3.8, 4) is 0 Å². The second-order valence-electron chi connectivity index (χ2n) is 2.88. The Labute approximate surface area is 80.0 Å². The van der Waals surface area contributed by atoms with Crippen LogP contribution in [-0.4, -0.2) is 32.9 Å². The topological polar surface area (TPSA) is 74.8 Å². The van der Waals surface area contributed by atoms with Crippen molar-refractivity contribution in [2.75, 3.05) is 11.9 Å². The predicted molar refractivity (Wildman–Crippen MR) is 50.8 cm³/mol. The van der Waals surface area contributed by atoms with Gasteiger partial charge in [-0.15, -0.1) is 0 Å². The van der Waals surface area contributed by atoms with Crippen LogP contribution in [0.15, 0.2) is 12.7 Å². The van der Waals surface area contributed by atoms with E-state index in [0.717, 1.165) is 0 Å². The Kier molecular flexibility index (Phi) is 1.88. The van der Waals surface area contributed by atoms with Gasteiger partial charge in [0.15, 0.2) is 11.5 Å². The third-order valence-electron chi connectivity index (χ3n) is 1.99. The van der Waals surface area contributed by atoms with Crippen molar-refractivity contribution in [3.05, 3.63) is 12.7 Å². The highest BCUT2D eigenvalue weighted by Gasteiger charge is 2.12. The second kappa shape index (κ2) is 3.06. The lowest BCUT2D eigenvalue weighted by Crippen LogP contribution is -2.24. The van der Waals surface area contributed by atoms with Crippen LogP contribution in [0.25, 0.3) is 11.2 Å². The van der Waals surface area contributed by atoms with Crippen molar-refractivity contribution < 1.29 is 4.79 Å². The number of aromatic nitrogens is 4. The summed E-state index contributed by atoms with van der Waals surface area (Å²) in [7, 11) is 1.66. The van der Waals surface area contributed by atoms with Crippen molar-refractivity contribution >= 4 is 22.9 Å². The van der Waals surface area contributed by atoms with Gasteiger partial charge in [-0.05, 0) is 0 Å². The second-order valence-corrected chi connectivity index (χ2v) is 2.88. The monoisotopic (exact) mass is 191 g/mol. The molecule has 14 heavy (non-hydrogen) atoms.